The van der Waals surface area contributed by atoms with E-state index in [0.29, 0.717) is 19.0 Å². The van der Waals surface area contributed by atoms with E-state index in [4.69, 9.17) is 5.73 Å². The lowest BCUT2D eigenvalue weighted by Gasteiger charge is -2.29. The predicted molar refractivity (Wildman–Crippen MR) is 85.0 cm³/mol. The molecular formula is C16H21FN2S. The largest absolute Gasteiger partial charge is 0.371 e. The first-order chi connectivity index (χ1) is 9.63. The van der Waals surface area contributed by atoms with Crippen molar-refractivity contribution >= 4 is 17.0 Å². The highest BCUT2D eigenvalue weighted by Gasteiger charge is 2.16. The van der Waals surface area contributed by atoms with Crippen LogP contribution < -0.4 is 10.6 Å². The Balaban J connectivity index is 2.19. The van der Waals surface area contributed by atoms with Crippen molar-refractivity contribution in [2.75, 3.05) is 18.5 Å². The van der Waals surface area contributed by atoms with Crippen molar-refractivity contribution in [1.29, 1.82) is 0 Å². The van der Waals surface area contributed by atoms with Gasteiger partial charge in [0, 0.05) is 35.6 Å². The summed E-state index contributed by atoms with van der Waals surface area (Å²) in [4.78, 5) is 3.49. The SMILES string of the molecule is CC(Cc1cccs1)N(C)c1cccc(F)c1CCN. The maximum absolute atomic E-state index is 14.0. The Morgan fingerprint density at radius 2 is 2.10 bits per heavy atom. The van der Waals surface area contributed by atoms with Gasteiger partial charge in [0.1, 0.15) is 5.82 Å². The van der Waals surface area contributed by atoms with Crippen LogP contribution >= 0.6 is 11.3 Å². The first-order valence-corrected chi connectivity index (χ1v) is 7.74. The molecule has 2 rings (SSSR count). The summed E-state index contributed by atoms with van der Waals surface area (Å²) in [5.41, 5.74) is 7.26. The van der Waals surface area contributed by atoms with E-state index >= 15 is 0 Å². The lowest BCUT2D eigenvalue weighted by Crippen LogP contribution is -2.31. The van der Waals surface area contributed by atoms with Crippen molar-refractivity contribution in [3.8, 4) is 0 Å². The van der Waals surface area contributed by atoms with E-state index < -0.39 is 0 Å². The van der Waals surface area contributed by atoms with Crippen LogP contribution in [0.2, 0.25) is 0 Å². The predicted octanol–water partition coefficient (Wildman–Crippen LogP) is 3.46. The molecule has 0 aliphatic rings. The number of halogens is 1. The molecule has 0 saturated heterocycles. The summed E-state index contributed by atoms with van der Waals surface area (Å²) in [7, 11) is 2.02. The third-order valence-corrected chi connectivity index (χ3v) is 4.51. The summed E-state index contributed by atoms with van der Waals surface area (Å²) in [6, 6.07) is 9.76. The lowest BCUT2D eigenvalue weighted by molar-refractivity contribution is 0.604. The first kappa shape index (κ1) is 15.0. The van der Waals surface area contributed by atoms with Gasteiger partial charge in [-0.15, -0.1) is 11.3 Å². The zero-order chi connectivity index (χ0) is 14.5. The molecule has 0 fully saturated rings. The summed E-state index contributed by atoms with van der Waals surface area (Å²) in [5.74, 6) is -0.164. The first-order valence-electron chi connectivity index (χ1n) is 6.86. The van der Waals surface area contributed by atoms with Gasteiger partial charge >= 0.3 is 0 Å². The van der Waals surface area contributed by atoms with Crippen LogP contribution in [0.25, 0.3) is 0 Å². The maximum atomic E-state index is 14.0. The Labute approximate surface area is 124 Å². The quantitative estimate of drug-likeness (QED) is 0.883. The molecule has 1 atom stereocenters. The zero-order valence-corrected chi connectivity index (χ0v) is 12.8. The van der Waals surface area contributed by atoms with Gasteiger partial charge in [0.25, 0.3) is 0 Å². The Morgan fingerprint density at radius 1 is 1.30 bits per heavy atom. The average Bonchev–Trinajstić information content (AvgIpc) is 2.93. The molecule has 20 heavy (non-hydrogen) atoms. The number of nitrogens with two attached hydrogens (primary N) is 1. The second-order valence-electron chi connectivity index (χ2n) is 5.02. The van der Waals surface area contributed by atoms with Crippen molar-refractivity contribution in [2.24, 2.45) is 5.73 Å². The Kier molecular flexibility index (Phi) is 5.15. The molecule has 2 nitrogen and oxygen atoms in total. The minimum atomic E-state index is -0.164. The summed E-state index contributed by atoms with van der Waals surface area (Å²) in [6.45, 7) is 2.62. The molecule has 0 bridgehead atoms. The number of hydrogen-bond acceptors (Lipinski definition) is 3. The van der Waals surface area contributed by atoms with Gasteiger partial charge in [0.2, 0.25) is 0 Å². The van der Waals surface area contributed by atoms with Gasteiger partial charge in [-0.25, -0.2) is 4.39 Å². The van der Waals surface area contributed by atoms with Crippen LogP contribution in [-0.2, 0) is 12.8 Å². The van der Waals surface area contributed by atoms with E-state index in [1.165, 1.54) is 10.9 Å². The number of nitrogens with zero attached hydrogens (tertiary/aromatic N) is 1. The van der Waals surface area contributed by atoms with Gasteiger partial charge in [0.05, 0.1) is 0 Å². The molecule has 1 aromatic carbocycles. The van der Waals surface area contributed by atoms with Crippen LogP contribution in [0, 0.1) is 5.82 Å². The van der Waals surface area contributed by atoms with E-state index in [-0.39, 0.29) is 5.82 Å². The molecule has 4 heteroatoms. The molecule has 1 aromatic heterocycles. The van der Waals surface area contributed by atoms with Crippen LogP contribution in [0.5, 0.6) is 0 Å². The standard InChI is InChI=1S/C16H21FN2S/c1-12(11-13-5-4-10-20-13)19(2)16-7-3-6-15(17)14(16)8-9-18/h3-7,10,12H,8-9,11,18H2,1-2H3. The summed E-state index contributed by atoms with van der Waals surface area (Å²) in [5, 5.41) is 2.09. The number of rotatable bonds is 6. The van der Waals surface area contributed by atoms with Crippen LogP contribution in [0.15, 0.2) is 35.7 Å². The van der Waals surface area contributed by atoms with Gasteiger partial charge in [-0.05, 0) is 43.5 Å². The monoisotopic (exact) mass is 292 g/mol. The molecule has 0 saturated carbocycles. The van der Waals surface area contributed by atoms with Gasteiger partial charge < -0.3 is 10.6 Å². The molecule has 0 amide bonds. The number of likely N-dealkylation sites (N-methyl/N-ethyl adjacent to an activating group) is 1. The second-order valence-corrected chi connectivity index (χ2v) is 6.05. The van der Waals surface area contributed by atoms with Crippen LogP contribution in [0.3, 0.4) is 0 Å². The minimum Gasteiger partial charge on any atom is -0.371 e. The van der Waals surface area contributed by atoms with E-state index in [0.717, 1.165) is 17.7 Å². The lowest BCUT2D eigenvalue weighted by atomic mass is 10.1. The van der Waals surface area contributed by atoms with Crippen LogP contribution in [0.4, 0.5) is 10.1 Å². The summed E-state index contributed by atoms with van der Waals surface area (Å²) in [6.07, 6.45) is 1.53. The Bertz CT molecular complexity index is 539. The average molecular weight is 292 g/mol. The molecule has 108 valence electrons. The molecule has 2 aromatic rings. The third kappa shape index (κ3) is 3.38. The topological polar surface area (TPSA) is 29.3 Å². The van der Waals surface area contributed by atoms with E-state index in [1.54, 1.807) is 17.4 Å². The summed E-state index contributed by atoms with van der Waals surface area (Å²) >= 11 is 1.76. The van der Waals surface area contributed by atoms with Crippen molar-refractivity contribution in [3.05, 3.63) is 52.0 Å². The van der Waals surface area contributed by atoms with Gasteiger partial charge in [-0.2, -0.15) is 0 Å². The van der Waals surface area contributed by atoms with Crippen molar-refractivity contribution in [2.45, 2.75) is 25.8 Å². The highest BCUT2D eigenvalue weighted by Crippen LogP contribution is 2.25. The van der Waals surface area contributed by atoms with E-state index in [9.17, 15) is 4.39 Å². The number of thiophene rings is 1. The zero-order valence-electron chi connectivity index (χ0n) is 12.0. The minimum absolute atomic E-state index is 0.164. The smallest absolute Gasteiger partial charge is 0.128 e. The van der Waals surface area contributed by atoms with Crippen molar-refractivity contribution in [1.82, 2.24) is 0 Å². The highest BCUT2D eigenvalue weighted by atomic mass is 32.1. The number of hydrogen-bond donors (Lipinski definition) is 1. The molecule has 2 N–H and O–H groups in total. The summed E-state index contributed by atoms with van der Waals surface area (Å²) < 4.78 is 14.0. The highest BCUT2D eigenvalue weighted by molar-refractivity contribution is 7.09. The van der Waals surface area contributed by atoms with Gasteiger partial charge in [-0.1, -0.05) is 12.1 Å². The molecular weight excluding hydrogens is 271 g/mol. The van der Waals surface area contributed by atoms with Gasteiger partial charge in [-0.3, -0.25) is 0 Å². The molecule has 0 aliphatic heterocycles. The van der Waals surface area contributed by atoms with Crippen molar-refractivity contribution < 1.29 is 4.39 Å². The van der Waals surface area contributed by atoms with Crippen LogP contribution in [0.1, 0.15) is 17.4 Å². The fourth-order valence-corrected chi connectivity index (χ4v) is 3.19. The van der Waals surface area contributed by atoms with E-state index in [1.807, 2.05) is 13.1 Å². The number of anilines is 1. The molecule has 0 spiro atoms. The number of benzene rings is 1. The second kappa shape index (κ2) is 6.86. The Hall–Kier alpha value is -1.39. The van der Waals surface area contributed by atoms with Crippen molar-refractivity contribution in [3.63, 3.8) is 0 Å². The van der Waals surface area contributed by atoms with Crippen LogP contribution in [-0.4, -0.2) is 19.6 Å². The normalized spacial score (nSPS) is 12.4. The Morgan fingerprint density at radius 3 is 2.75 bits per heavy atom. The van der Waals surface area contributed by atoms with E-state index in [2.05, 4.69) is 29.3 Å². The molecule has 1 heterocycles. The maximum Gasteiger partial charge on any atom is 0.128 e. The molecule has 0 radical (unpaired) electrons. The fraction of sp³-hybridized carbons (Fsp3) is 0.375. The molecule has 0 aliphatic carbocycles. The molecule has 1 unspecified atom stereocenters. The van der Waals surface area contributed by atoms with Gasteiger partial charge in [0.15, 0.2) is 0 Å². The fourth-order valence-electron chi connectivity index (χ4n) is 2.36. The third-order valence-electron chi connectivity index (χ3n) is 3.61.